The predicted octanol–water partition coefficient (Wildman–Crippen LogP) is 2.23. The fourth-order valence-corrected chi connectivity index (χ4v) is 2.92. The zero-order valence-corrected chi connectivity index (χ0v) is 11.6. The minimum Gasteiger partial charge on any atom is -0.397 e. The fraction of sp³-hybridized carbons (Fsp3) is 0. The predicted molar refractivity (Wildman–Crippen MR) is 73.6 cm³/mol. The molecule has 0 fully saturated rings. The molecule has 0 bridgehead atoms. The van der Waals surface area contributed by atoms with Gasteiger partial charge in [-0.3, -0.25) is 9.71 Å². The Labute approximate surface area is 113 Å². The Morgan fingerprint density at radius 1 is 1.22 bits per heavy atom. The highest BCUT2D eigenvalue weighted by atomic mass is 79.9. The van der Waals surface area contributed by atoms with E-state index in [4.69, 9.17) is 5.73 Å². The van der Waals surface area contributed by atoms with Gasteiger partial charge in [0.25, 0.3) is 10.0 Å². The van der Waals surface area contributed by atoms with E-state index in [1.807, 2.05) is 0 Å². The molecule has 0 atom stereocenters. The Hall–Kier alpha value is -1.60. The molecule has 7 heteroatoms. The van der Waals surface area contributed by atoms with Gasteiger partial charge in [-0.15, -0.1) is 0 Å². The molecule has 1 aromatic heterocycles. The van der Waals surface area contributed by atoms with Gasteiger partial charge in [-0.1, -0.05) is 12.1 Å². The van der Waals surface area contributed by atoms with Crippen molar-refractivity contribution in [1.82, 2.24) is 4.98 Å². The van der Waals surface area contributed by atoms with E-state index in [-0.39, 0.29) is 4.90 Å². The Balaban J connectivity index is 2.37. The van der Waals surface area contributed by atoms with E-state index in [1.165, 1.54) is 18.5 Å². The third kappa shape index (κ3) is 2.80. The highest BCUT2D eigenvalue weighted by Gasteiger charge is 2.15. The van der Waals surface area contributed by atoms with Crippen LogP contribution in [0.1, 0.15) is 0 Å². The smallest absolute Gasteiger partial charge is 0.263 e. The van der Waals surface area contributed by atoms with Gasteiger partial charge < -0.3 is 5.73 Å². The van der Waals surface area contributed by atoms with Crippen molar-refractivity contribution in [2.75, 3.05) is 10.5 Å². The summed E-state index contributed by atoms with van der Waals surface area (Å²) in [5.41, 5.74) is 6.39. The number of hydrogen-bond donors (Lipinski definition) is 2. The highest BCUT2D eigenvalue weighted by molar-refractivity contribution is 9.10. The largest absolute Gasteiger partial charge is 0.397 e. The zero-order chi connectivity index (χ0) is 13.2. The summed E-state index contributed by atoms with van der Waals surface area (Å²) < 4.78 is 27.2. The monoisotopic (exact) mass is 327 g/mol. The Morgan fingerprint density at radius 3 is 2.61 bits per heavy atom. The number of aromatic nitrogens is 1. The number of pyridine rings is 1. The summed E-state index contributed by atoms with van der Waals surface area (Å²) in [5.74, 6) is 0. The van der Waals surface area contributed by atoms with Crippen LogP contribution in [0.5, 0.6) is 0 Å². The average Bonchev–Trinajstić information content (AvgIpc) is 2.32. The lowest BCUT2D eigenvalue weighted by Crippen LogP contribution is -2.14. The normalized spacial score (nSPS) is 11.2. The number of hydrogen-bond acceptors (Lipinski definition) is 4. The summed E-state index contributed by atoms with van der Waals surface area (Å²) in [7, 11) is -3.68. The molecule has 2 aromatic rings. The van der Waals surface area contributed by atoms with E-state index < -0.39 is 10.0 Å². The van der Waals surface area contributed by atoms with Crippen LogP contribution >= 0.6 is 15.9 Å². The third-order valence-corrected chi connectivity index (χ3v) is 3.96. The maximum Gasteiger partial charge on any atom is 0.263 e. The summed E-state index contributed by atoms with van der Waals surface area (Å²) in [6, 6.07) is 8.12. The van der Waals surface area contributed by atoms with Crippen molar-refractivity contribution in [2.45, 2.75) is 4.90 Å². The van der Waals surface area contributed by atoms with Gasteiger partial charge in [0.05, 0.1) is 11.4 Å². The minimum atomic E-state index is -3.68. The molecule has 0 saturated carbocycles. The standard InChI is InChI=1S/C11H10BrN3O2S/c12-8-5-9(7-14-6-8)18(16,17)15-11-4-2-1-3-10(11)13/h1-7,15H,13H2. The summed E-state index contributed by atoms with van der Waals surface area (Å²) in [6.45, 7) is 0. The maximum atomic E-state index is 12.1. The van der Waals surface area contributed by atoms with Crippen LogP contribution in [0.4, 0.5) is 11.4 Å². The molecule has 0 saturated heterocycles. The van der Waals surface area contributed by atoms with Crippen molar-refractivity contribution >= 4 is 37.3 Å². The lowest BCUT2D eigenvalue weighted by atomic mass is 10.3. The van der Waals surface area contributed by atoms with Gasteiger partial charge in [0.1, 0.15) is 4.90 Å². The van der Waals surface area contributed by atoms with E-state index >= 15 is 0 Å². The second-order valence-corrected chi connectivity index (χ2v) is 6.13. The van der Waals surface area contributed by atoms with Gasteiger partial charge in [-0.2, -0.15) is 0 Å². The number of nitrogen functional groups attached to an aromatic ring is 1. The summed E-state index contributed by atoms with van der Waals surface area (Å²) in [5, 5.41) is 0. The molecule has 0 aliphatic carbocycles. The first kappa shape index (κ1) is 12.8. The fourth-order valence-electron chi connectivity index (χ4n) is 1.33. The van der Waals surface area contributed by atoms with E-state index in [9.17, 15) is 8.42 Å². The maximum absolute atomic E-state index is 12.1. The lowest BCUT2D eigenvalue weighted by Gasteiger charge is -2.09. The number of sulfonamides is 1. The lowest BCUT2D eigenvalue weighted by molar-refractivity contribution is 0.600. The number of nitrogens with two attached hydrogens (primary N) is 1. The summed E-state index contributed by atoms with van der Waals surface area (Å²) in [6.07, 6.45) is 2.78. The number of para-hydroxylation sites is 2. The molecular weight excluding hydrogens is 318 g/mol. The number of halogens is 1. The minimum absolute atomic E-state index is 0.0696. The Morgan fingerprint density at radius 2 is 1.94 bits per heavy atom. The highest BCUT2D eigenvalue weighted by Crippen LogP contribution is 2.22. The molecule has 3 N–H and O–H groups in total. The van der Waals surface area contributed by atoms with Crippen LogP contribution in [-0.4, -0.2) is 13.4 Å². The van der Waals surface area contributed by atoms with Crippen LogP contribution in [-0.2, 0) is 10.0 Å². The van der Waals surface area contributed by atoms with Crippen molar-refractivity contribution in [2.24, 2.45) is 0 Å². The summed E-state index contributed by atoms with van der Waals surface area (Å²) >= 11 is 3.18. The van der Waals surface area contributed by atoms with Crippen molar-refractivity contribution in [3.05, 3.63) is 47.2 Å². The second-order valence-electron chi connectivity index (χ2n) is 3.53. The molecule has 0 radical (unpaired) electrons. The van der Waals surface area contributed by atoms with Crippen LogP contribution < -0.4 is 10.5 Å². The third-order valence-electron chi connectivity index (χ3n) is 2.20. The number of benzene rings is 1. The van der Waals surface area contributed by atoms with Crippen molar-refractivity contribution in [3.63, 3.8) is 0 Å². The molecule has 0 spiro atoms. The first-order chi connectivity index (χ1) is 8.49. The van der Waals surface area contributed by atoms with E-state index in [0.717, 1.165) is 0 Å². The summed E-state index contributed by atoms with van der Waals surface area (Å²) in [4.78, 5) is 3.89. The van der Waals surface area contributed by atoms with Gasteiger partial charge >= 0.3 is 0 Å². The van der Waals surface area contributed by atoms with Gasteiger partial charge in [0.2, 0.25) is 0 Å². The topological polar surface area (TPSA) is 85.1 Å². The first-order valence-corrected chi connectivity index (χ1v) is 7.24. The quantitative estimate of drug-likeness (QED) is 0.846. The van der Waals surface area contributed by atoms with Gasteiger partial charge in [-0.25, -0.2) is 8.42 Å². The molecule has 2 rings (SSSR count). The zero-order valence-electron chi connectivity index (χ0n) is 9.17. The molecule has 1 aromatic carbocycles. The number of rotatable bonds is 3. The Kier molecular flexibility index (Phi) is 3.53. The molecule has 0 aliphatic rings. The molecule has 0 aliphatic heterocycles. The first-order valence-electron chi connectivity index (χ1n) is 4.97. The van der Waals surface area contributed by atoms with Crippen molar-refractivity contribution in [1.29, 1.82) is 0 Å². The van der Waals surface area contributed by atoms with Gasteiger partial charge in [-0.05, 0) is 34.1 Å². The van der Waals surface area contributed by atoms with Crippen LogP contribution in [0.25, 0.3) is 0 Å². The number of anilines is 2. The molecule has 0 amide bonds. The van der Waals surface area contributed by atoms with E-state index in [1.54, 1.807) is 24.3 Å². The number of nitrogens with zero attached hydrogens (tertiary/aromatic N) is 1. The molecule has 94 valence electrons. The van der Waals surface area contributed by atoms with Crippen molar-refractivity contribution < 1.29 is 8.42 Å². The van der Waals surface area contributed by atoms with E-state index in [0.29, 0.717) is 15.8 Å². The second kappa shape index (κ2) is 4.95. The van der Waals surface area contributed by atoms with Gasteiger partial charge in [0.15, 0.2) is 0 Å². The van der Waals surface area contributed by atoms with Crippen LogP contribution in [0.2, 0.25) is 0 Å². The van der Waals surface area contributed by atoms with E-state index in [2.05, 4.69) is 25.6 Å². The van der Waals surface area contributed by atoms with Crippen LogP contribution in [0.3, 0.4) is 0 Å². The van der Waals surface area contributed by atoms with Crippen LogP contribution in [0.15, 0.2) is 52.1 Å². The molecular formula is C11H10BrN3O2S. The SMILES string of the molecule is Nc1ccccc1NS(=O)(=O)c1cncc(Br)c1. The molecule has 1 heterocycles. The Bertz CT molecular complexity index is 673. The average molecular weight is 328 g/mol. The van der Waals surface area contributed by atoms with Crippen LogP contribution in [0, 0.1) is 0 Å². The van der Waals surface area contributed by atoms with Gasteiger partial charge in [0, 0.05) is 16.9 Å². The number of nitrogens with one attached hydrogen (secondary N) is 1. The van der Waals surface area contributed by atoms with Crippen molar-refractivity contribution in [3.8, 4) is 0 Å². The molecule has 0 unspecified atom stereocenters. The molecule has 18 heavy (non-hydrogen) atoms. The molecule has 5 nitrogen and oxygen atoms in total.